The van der Waals surface area contributed by atoms with Crippen LogP contribution < -0.4 is 14.9 Å². The highest BCUT2D eigenvalue weighted by Gasteiger charge is 2.48. The van der Waals surface area contributed by atoms with Crippen LogP contribution in [-0.4, -0.2) is 90.4 Å². The molecule has 1 saturated heterocycles. The molecule has 62 heavy (non-hydrogen) atoms. The van der Waals surface area contributed by atoms with Gasteiger partial charge in [0.2, 0.25) is 0 Å². The van der Waals surface area contributed by atoms with E-state index < -0.39 is 58.9 Å². The number of carbonyl (C=O) groups excluding carboxylic acids is 1. The predicted octanol–water partition coefficient (Wildman–Crippen LogP) is 9.54. The van der Waals surface area contributed by atoms with E-state index in [0.29, 0.717) is 11.1 Å². The summed E-state index contributed by atoms with van der Waals surface area (Å²) >= 11 is 7.56. The number of thioether (sulfide) groups is 1. The lowest BCUT2D eigenvalue weighted by atomic mass is 9.73. The first-order valence-corrected chi connectivity index (χ1v) is 24.7. The molecule has 0 radical (unpaired) electrons. The summed E-state index contributed by atoms with van der Waals surface area (Å²) < 4.78 is 103. The number of hydrogen-bond donors (Lipinski definition) is 2. The molecule has 1 amide bonds. The van der Waals surface area contributed by atoms with Gasteiger partial charge in [-0.25, -0.2) is 21.6 Å². The first-order valence-electron chi connectivity index (χ1n) is 20.4. The minimum absolute atomic E-state index is 0.0115. The Bertz CT molecular complexity index is 2440. The normalized spacial score (nSPS) is 17.4. The summed E-state index contributed by atoms with van der Waals surface area (Å²) in [6, 6.07) is 25.3. The maximum absolute atomic E-state index is 14.1. The molecule has 2 aliphatic rings. The molecule has 10 nitrogen and oxygen atoms in total. The van der Waals surface area contributed by atoms with Gasteiger partial charge in [-0.15, -0.1) is 11.8 Å². The standard InChI is InChI=1S/C45H52ClF3N4O6S3/c1-5-59-31(2)41(30-60-37-9-7-6-8-10-37)50-40-20-19-38(27-42(40)61(55,56)45(47,48)49)62(57,58)51-43(54)33-13-17-36(18-14-33)53-25-23-52(24-26-53)29-34-28-44(3,4)22-21-39(34)32-11-15-35(46)16-12-32/h6-20,27,31,41,50H,5,21-26,28-30H2,1-4H3,(H,51,54). The molecule has 4 aromatic rings. The minimum Gasteiger partial charge on any atom is -0.378 e. The highest BCUT2D eigenvalue weighted by atomic mass is 35.5. The molecular weight excluding hydrogens is 881 g/mol. The molecule has 6 rings (SSSR count). The van der Waals surface area contributed by atoms with Gasteiger partial charge in [0.1, 0.15) is 4.90 Å². The summed E-state index contributed by atoms with van der Waals surface area (Å²) in [5.41, 5.74) is -1.12. The number of sulfonamides is 1. The lowest BCUT2D eigenvalue weighted by molar-refractivity contribution is -0.0435. The Hall–Kier alpha value is -4.06. The molecule has 2 N–H and O–H groups in total. The van der Waals surface area contributed by atoms with E-state index in [1.165, 1.54) is 40.6 Å². The van der Waals surface area contributed by atoms with Gasteiger partial charge in [-0.3, -0.25) is 9.69 Å². The van der Waals surface area contributed by atoms with Crippen molar-refractivity contribution in [3.05, 3.63) is 119 Å². The fourth-order valence-corrected chi connectivity index (χ4v) is 11.0. The van der Waals surface area contributed by atoms with Crippen molar-refractivity contribution in [3.63, 3.8) is 0 Å². The third-order valence-corrected chi connectivity index (χ3v) is 15.5. The Labute approximate surface area is 372 Å². The third-order valence-electron chi connectivity index (χ3n) is 11.2. The Kier molecular flexibility index (Phi) is 15.1. The number of anilines is 2. The second-order valence-electron chi connectivity index (χ2n) is 16.3. The molecule has 0 bridgehead atoms. The van der Waals surface area contributed by atoms with Crippen LogP contribution in [0.3, 0.4) is 0 Å². The number of halogens is 4. The van der Waals surface area contributed by atoms with Gasteiger partial charge in [-0.1, -0.05) is 61.4 Å². The second kappa shape index (κ2) is 19.8. The van der Waals surface area contributed by atoms with Crippen molar-refractivity contribution in [1.29, 1.82) is 0 Å². The lowest BCUT2D eigenvalue weighted by Gasteiger charge is -2.39. The predicted molar refractivity (Wildman–Crippen MR) is 241 cm³/mol. The van der Waals surface area contributed by atoms with Crippen LogP contribution in [0.5, 0.6) is 0 Å². The van der Waals surface area contributed by atoms with E-state index in [4.69, 9.17) is 16.3 Å². The molecule has 1 heterocycles. The topological polar surface area (TPSA) is 125 Å². The van der Waals surface area contributed by atoms with E-state index in [2.05, 4.69) is 41.1 Å². The second-order valence-corrected chi connectivity index (χ2v) is 21.4. The fourth-order valence-electron chi connectivity index (χ4n) is 7.77. The monoisotopic (exact) mass is 932 g/mol. The zero-order chi connectivity index (χ0) is 44.9. The summed E-state index contributed by atoms with van der Waals surface area (Å²) in [5, 5.41) is 3.58. The number of benzene rings is 4. The molecule has 0 aromatic heterocycles. The molecule has 1 aliphatic heterocycles. The maximum atomic E-state index is 14.1. The van der Waals surface area contributed by atoms with Crippen LogP contribution in [0.25, 0.3) is 5.57 Å². The van der Waals surface area contributed by atoms with E-state index in [9.17, 15) is 34.8 Å². The Morgan fingerprint density at radius 3 is 2.21 bits per heavy atom. The first-order chi connectivity index (χ1) is 29.3. The van der Waals surface area contributed by atoms with E-state index in [1.54, 1.807) is 26.0 Å². The zero-order valence-corrected chi connectivity index (χ0v) is 38.2. The van der Waals surface area contributed by atoms with Crippen molar-refractivity contribution >= 4 is 66.1 Å². The number of amides is 1. The SMILES string of the molecule is CCOC(C)C(CSc1ccccc1)Nc1ccc(S(=O)(=O)NC(=O)c2ccc(N3CCN(CC4=C(c5ccc(Cl)cc5)CCC(C)(C)C4)CC3)cc2)cc1S(=O)(=O)C(F)(F)F. The molecule has 2 atom stereocenters. The minimum atomic E-state index is -6.07. The number of hydrogen-bond acceptors (Lipinski definition) is 10. The van der Waals surface area contributed by atoms with Crippen molar-refractivity contribution in [2.45, 2.75) is 79.3 Å². The van der Waals surface area contributed by atoms with Crippen molar-refractivity contribution in [2.24, 2.45) is 5.41 Å². The average Bonchev–Trinajstić information content (AvgIpc) is 3.23. The van der Waals surface area contributed by atoms with Crippen LogP contribution in [0.15, 0.2) is 117 Å². The summed E-state index contributed by atoms with van der Waals surface area (Å²) in [6.07, 6.45) is 2.57. The van der Waals surface area contributed by atoms with Crippen molar-refractivity contribution in [3.8, 4) is 0 Å². The van der Waals surface area contributed by atoms with E-state index in [0.717, 1.165) is 74.7 Å². The first kappa shape index (κ1) is 47.4. The number of sulfone groups is 1. The smallest absolute Gasteiger partial charge is 0.378 e. The van der Waals surface area contributed by atoms with Gasteiger partial charge in [0.05, 0.1) is 22.7 Å². The largest absolute Gasteiger partial charge is 0.501 e. The number of ether oxygens (including phenoxy) is 1. The van der Waals surface area contributed by atoms with Crippen LogP contribution in [0, 0.1) is 5.41 Å². The molecule has 0 spiro atoms. The van der Waals surface area contributed by atoms with Crippen molar-refractivity contribution in [2.75, 3.05) is 55.3 Å². The Balaban J connectivity index is 1.13. The third kappa shape index (κ3) is 11.7. The molecular formula is C45H52ClF3N4O6S3. The van der Waals surface area contributed by atoms with E-state index >= 15 is 0 Å². The molecule has 1 fully saturated rings. The van der Waals surface area contributed by atoms with Gasteiger partial charge in [-0.05, 0) is 116 Å². The van der Waals surface area contributed by atoms with Crippen molar-refractivity contribution in [1.82, 2.24) is 9.62 Å². The summed E-state index contributed by atoms with van der Waals surface area (Å²) in [5.74, 6) is -0.765. The van der Waals surface area contributed by atoms with E-state index in [1.807, 2.05) is 47.2 Å². The average molecular weight is 934 g/mol. The van der Waals surface area contributed by atoms with Gasteiger partial charge < -0.3 is 15.0 Å². The van der Waals surface area contributed by atoms with Crippen LogP contribution >= 0.6 is 23.4 Å². The number of alkyl halides is 3. The molecule has 0 saturated carbocycles. The van der Waals surface area contributed by atoms with Crippen LogP contribution in [0.1, 0.15) is 62.9 Å². The van der Waals surface area contributed by atoms with Gasteiger partial charge in [0, 0.05) is 66.3 Å². The summed E-state index contributed by atoms with van der Waals surface area (Å²) in [4.78, 5) is 16.6. The summed E-state index contributed by atoms with van der Waals surface area (Å²) in [7, 11) is -10.9. The number of piperazine rings is 1. The Morgan fingerprint density at radius 2 is 1.58 bits per heavy atom. The molecule has 17 heteroatoms. The number of nitrogens with zero attached hydrogens (tertiary/aromatic N) is 2. The van der Waals surface area contributed by atoms with E-state index in [-0.39, 0.29) is 23.3 Å². The maximum Gasteiger partial charge on any atom is 0.501 e. The highest BCUT2D eigenvalue weighted by molar-refractivity contribution is 7.99. The molecule has 2 unspecified atom stereocenters. The van der Waals surface area contributed by atoms with Gasteiger partial charge in [0.15, 0.2) is 0 Å². The molecule has 1 aliphatic carbocycles. The van der Waals surface area contributed by atoms with Gasteiger partial charge in [-0.2, -0.15) is 13.2 Å². The van der Waals surface area contributed by atoms with Crippen LogP contribution in [-0.2, 0) is 24.6 Å². The summed E-state index contributed by atoms with van der Waals surface area (Å²) in [6.45, 7) is 12.3. The van der Waals surface area contributed by atoms with Crippen LogP contribution in [0.4, 0.5) is 24.5 Å². The van der Waals surface area contributed by atoms with Gasteiger partial charge in [0.25, 0.3) is 25.8 Å². The Morgan fingerprint density at radius 1 is 0.919 bits per heavy atom. The lowest BCUT2D eigenvalue weighted by Crippen LogP contribution is -2.47. The molecule has 334 valence electrons. The van der Waals surface area contributed by atoms with Crippen LogP contribution in [0.2, 0.25) is 5.02 Å². The number of allylic oxidation sites excluding steroid dienone is 1. The number of nitrogens with one attached hydrogen (secondary N) is 2. The highest BCUT2D eigenvalue weighted by Crippen LogP contribution is 2.43. The van der Waals surface area contributed by atoms with Crippen molar-refractivity contribution < 1.29 is 39.5 Å². The zero-order valence-electron chi connectivity index (χ0n) is 35.0. The fraction of sp³-hybridized carbons (Fsp3) is 0.400. The number of rotatable bonds is 16. The quantitative estimate of drug-likeness (QED) is 0.105. The number of carbonyl (C=O) groups is 1. The van der Waals surface area contributed by atoms with Gasteiger partial charge >= 0.3 is 5.51 Å². The molecule has 4 aromatic carbocycles.